The van der Waals surface area contributed by atoms with Crippen LogP contribution in [0.25, 0.3) is 0 Å². The van der Waals surface area contributed by atoms with E-state index in [1.165, 1.54) is 58.2 Å². The van der Waals surface area contributed by atoms with E-state index in [1.54, 1.807) is 0 Å². The number of guanidine groups is 1. The molecule has 0 aromatic carbocycles. The van der Waals surface area contributed by atoms with Crippen molar-refractivity contribution in [1.29, 1.82) is 0 Å². The zero-order chi connectivity index (χ0) is 15.7. The fourth-order valence-electron chi connectivity index (χ4n) is 4.81. The van der Waals surface area contributed by atoms with Crippen molar-refractivity contribution in [3.05, 3.63) is 0 Å². The van der Waals surface area contributed by atoms with Gasteiger partial charge < -0.3 is 15.0 Å². The first-order valence-electron chi connectivity index (χ1n) is 9.67. The Bertz CT molecular complexity index is 448. The van der Waals surface area contributed by atoms with E-state index in [2.05, 4.69) is 22.0 Å². The number of hydrogen-bond acceptors (Lipinski definition) is 3. The Morgan fingerprint density at radius 2 is 2.17 bits per heavy atom. The smallest absolute Gasteiger partial charge is 0.194 e. The van der Waals surface area contributed by atoms with Crippen LogP contribution in [-0.4, -0.2) is 73.8 Å². The molecule has 1 saturated carbocycles. The standard InChI is InChI=1S/C18H32N4O/c1-2-19-17(22-10-8-18(14-22)6-4-7-18)20-11-16-12-21-9-3-5-15(21)13-23-16/h15-16H,2-14H2,1H3,(H,19,20). The molecule has 1 aliphatic carbocycles. The van der Waals surface area contributed by atoms with Gasteiger partial charge in [0.2, 0.25) is 0 Å². The molecule has 2 unspecified atom stereocenters. The maximum Gasteiger partial charge on any atom is 0.194 e. The SMILES string of the molecule is CCNC(=NCC1CN2CCCC2CO1)N1CCC2(CCC2)C1. The van der Waals surface area contributed by atoms with Crippen molar-refractivity contribution < 1.29 is 4.74 Å². The molecular formula is C18H32N4O. The summed E-state index contributed by atoms with van der Waals surface area (Å²) >= 11 is 0. The summed E-state index contributed by atoms with van der Waals surface area (Å²) in [4.78, 5) is 10.0. The summed E-state index contributed by atoms with van der Waals surface area (Å²) in [6, 6.07) is 0.681. The maximum absolute atomic E-state index is 6.06. The Kier molecular flexibility index (Phi) is 4.50. The van der Waals surface area contributed by atoms with Crippen LogP contribution in [0.3, 0.4) is 0 Å². The van der Waals surface area contributed by atoms with E-state index in [-0.39, 0.29) is 6.10 Å². The Hall–Kier alpha value is -0.810. The minimum Gasteiger partial charge on any atom is -0.373 e. The first-order valence-corrected chi connectivity index (χ1v) is 9.67. The van der Waals surface area contributed by atoms with Crippen LogP contribution in [0.4, 0.5) is 0 Å². The molecule has 0 aromatic rings. The second-order valence-corrected chi connectivity index (χ2v) is 7.97. The molecule has 1 spiro atoms. The summed E-state index contributed by atoms with van der Waals surface area (Å²) in [6.45, 7) is 9.52. The van der Waals surface area contributed by atoms with Gasteiger partial charge in [0.1, 0.15) is 0 Å². The zero-order valence-electron chi connectivity index (χ0n) is 14.6. The highest BCUT2D eigenvalue weighted by atomic mass is 16.5. The predicted molar refractivity (Wildman–Crippen MR) is 92.8 cm³/mol. The molecule has 2 atom stereocenters. The molecule has 3 aliphatic heterocycles. The van der Waals surface area contributed by atoms with Gasteiger partial charge in [0, 0.05) is 32.2 Å². The van der Waals surface area contributed by atoms with Gasteiger partial charge in [-0.25, -0.2) is 0 Å². The van der Waals surface area contributed by atoms with E-state index in [0.29, 0.717) is 11.5 Å². The number of morpholine rings is 1. The molecule has 4 fully saturated rings. The highest BCUT2D eigenvalue weighted by molar-refractivity contribution is 5.80. The van der Waals surface area contributed by atoms with Crippen LogP contribution in [0.2, 0.25) is 0 Å². The van der Waals surface area contributed by atoms with Gasteiger partial charge in [0.15, 0.2) is 5.96 Å². The number of nitrogens with one attached hydrogen (secondary N) is 1. The van der Waals surface area contributed by atoms with Gasteiger partial charge >= 0.3 is 0 Å². The van der Waals surface area contributed by atoms with E-state index in [4.69, 9.17) is 9.73 Å². The van der Waals surface area contributed by atoms with E-state index >= 15 is 0 Å². The quantitative estimate of drug-likeness (QED) is 0.635. The van der Waals surface area contributed by atoms with Crippen molar-refractivity contribution in [1.82, 2.24) is 15.1 Å². The molecule has 23 heavy (non-hydrogen) atoms. The average molecular weight is 320 g/mol. The van der Waals surface area contributed by atoms with E-state index < -0.39 is 0 Å². The minimum atomic E-state index is 0.276. The van der Waals surface area contributed by atoms with Crippen molar-refractivity contribution in [2.45, 2.75) is 57.6 Å². The van der Waals surface area contributed by atoms with Crippen molar-refractivity contribution in [2.24, 2.45) is 10.4 Å². The monoisotopic (exact) mass is 320 g/mol. The Morgan fingerprint density at radius 1 is 1.26 bits per heavy atom. The second-order valence-electron chi connectivity index (χ2n) is 7.97. The van der Waals surface area contributed by atoms with Crippen LogP contribution >= 0.6 is 0 Å². The number of likely N-dealkylation sites (tertiary alicyclic amines) is 1. The number of hydrogen-bond donors (Lipinski definition) is 1. The number of nitrogens with zero attached hydrogens (tertiary/aromatic N) is 3. The van der Waals surface area contributed by atoms with Crippen molar-refractivity contribution >= 4 is 5.96 Å². The summed E-state index contributed by atoms with van der Waals surface area (Å²) in [5.41, 5.74) is 0.625. The molecule has 0 aromatic heterocycles. The number of aliphatic imine (C=N–C) groups is 1. The van der Waals surface area contributed by atoms with E-state index in [1.807, 2.05) is 0 Å². The van der Waals surface area contributed by atoms with Gasteiger partial charge in [0.05, 0.1) is 19.3 Å². The van der Waals surface area contributed by atoms with E-state index in [0.717, 1.165) is 32.2 Å². The molecule has 130 valence electrons. The first kappa shape index (κ1) is 15.7. The summed E-state index contributed by atoms with van der Waals surface area (Å²) in [5, 5.41) is 3.50. The van der Waals surface area contributed by atoms with E-state index in [9.17, 15) is 0 Å². The van der Waals surface area contributed by atoms with Gasteiger partial charge in [-0.2, -0.15) is 0 Å². The lowest BCUT2D eigenvalue weighted by molar-refractivity contribution is -0.0432. The van der Waals surface area contributed by atoms with Crippen LogP contribution in [-0.2, 0) is 4.74 Å². The molecular weight excluding hydrogens is 288 g/mol. The topological polar surface area (TPSA) is 40.1 Å². The third kappa shape index (κ3) is 3.22. The number of fused-ring (bicyclic) bond motifs is 1. The molecule has 3 saturated heterocycles. The minimum absolute atomic E-state index is 0.276. The van der Waals surface area contributed by atoms with Gasteiger partial charge in [-0.1, -0.05) is 6.42 Å². The first-order chi connectivity index (χ1) is 11.3. The number of rotatable bonds is 3. The van der Waals surface area contributed by atoms with Crippen molar-refractivity contribution in [3.8, 4) is 0 Å². The summed E-state index contributed by atoms with van der Waals surface area (Å²) in [6.07, 6.45) is 8.55. The summed E-state index contributed by atoms with van der Waals surface area (Å²) in [5.74, 6) is 1.11. The highest BCUT2D eigenvalue weighted by Crippen LogP contribution is 2.47. The van der Waals surface area contributed by atoms with Crippen LogP contribution in [0.15, 0.2) is 4.99 Å². The molecule has 0 amide bonds. The lowest BCUT2D eigenvalue weighted by Gasteiger charge is -2.38. The lowest BCUT2D eigenvalue weighted by Crippen LogP contribution is -2.48. The Labute approximate surface area is 140 Å². The molecule has 1 N–H and O–H groups in total. The second kappa shape index (κ2) is 6.60. The average Bonchev–Trinajstić information content (AvgIpc) is 3.17. The Balaban J connectivity index is 1.34. The highest BCUT2D eigenvalue weighted by Gasteiger charge is 2.43. The largest absolute Gasteiger partial charge is 0.373 e. The molecule has 4 aliphatic rings. The third-order valence-corrected chi connectivity index (χ3v) is 6.39. The van der Waals surface area contributed by atoms with Gasteiger partial charge in [-0.05, 0) is 51.0 Å². The summed E-state index contributed by atoms with van der Waals surface area (Å²) < 4.78 is 6.06. The van der Waals surface area contributed by atoms with Crippen LogP contribution in [0.5, 0.6) is 0 Å². The van der Waals surface area contributed by atoms with Crippen LogP contribution in [0, 0.1) is 5.41 Å². The molecule has 4 rings (SSSR count). The molecule has 3 heterocycles. The summed E-state index contributed by atoms with van der Waals surface area (Å²) in [7, 11) is 0. The van der Waals surface area contributed by atoms with Gasteiger partial charge in [-0.3, -0.25) is 9.89 Å². The van der Waals surface area contributed by atoms with Crippen LogP contribution in [0.1, 0.15) is 45.4 Å². The Morgan fingerprint density at radius 3 is 2.91 bits per heavy atom. The normalized spacial score (nSPS) is 33.8. The van der Waals surface area contributed by atoms with Crippen LogP contribution < -0.4 is 5.32 Å². The number of ether oxygens (including phenoxy) is 1. The van der Waals surface area contributed by atoms with Crippen molar-refractivity contribution in [2.75, 3.05) is 45.9 Å². The zero-order valence-corrected chi connectivity index (χ0v) is 14.6. The lowest BCUT2D eigenvalue weighted by atomic mass is 9.68. The molecule has 0 bridgehead atoms. The fraction of sp³-hybridized carbons (Fsp3) is 0.944. The predicted octanol–water partition coefficient (Wildman–Crippen LogP) is 1.69. The molecule has 0 radical (unpaired) electrons. The molecule has 5 heteroatoms. The van der Waals surface area contributed by atoms with Gasteiger partial charge in [0.25, 0.3) is 0 Å². The third-order valence-electron chi connectivity index (χ3n) is 6.39. The van der Waals surface area contributed by atoms with Gasteiger partial charge in [-0.15, -0.1) is 0 Å². The van der Waals surface area contributed by atoms with Crippen molar-refractivity contribution in [3.63, 3.8) is 0 Å². The fourth-order valence-corrected chi connectivity index (χ4v) is 4.81. The molecule has 5 nitrogen and oxygen atoms in total. The maximum atomic E-state index is 6.06.